The summed E-state index contributed by atoms with van der Waals surface area (Å²) >= 11 is 2.27. The van der Waals surface area contributed by atoms with Crippen LogP contribution in [0.3, 0.4) is 0 Å². The molecule has 32 heavy (non-hydrogen) atoms. The van der Waals surface area contributed by atoms with Crippen LogP contribution in [0.5, 0.6) is 11.5 Å². The molecule has 0 aliphatic carbocycles. The molecule has 0 bridgehead atoms. The summed E-state index contributed by atoms with van der Waals surface area (Å²) in [7, 11) is 0. The first-order valence-corrected chi connectivity index (χ1v) is 11.7. The maximum atomic E-state index is 12.6. The Kier molecular flexibility index (Phi) is 8.33. The van der Waals surface area contributed by atoms with Gasteiger partial charge in [0, 0.05) is 15.7 Å². The van der Waals surface area contributed by atoms with Crippen LogP contribution in [0, 0.1) is 3.57 Å². The molecule has 0 spiro atoms. The number of halogens is 1. The Bertz CT molecular complexity index is 1030. The van der Waals surface area contributed by atoms with Crippen molar-refractivity contribution in [2.24, 2.45) is 0 Å². The van der Waals surface area contributed by atoms with E-state index in [2.05, 4.69) is 34.5 Å². The molecule has 0 aromatic heterocycles. The van der Waals surface area contributed by atoms with E-state index in [0.717, 1.165) is 20.3 Å². The van der Waals surface area contributed by atoms with Crippen LogP contribution < -0.4 is 14.8 Å². The second-order valence-corrected chi connectivity index (χ2v) is 8.54. The van der Waals surface area contributed by atoms with E-state index in [9.17, 15) is 9.59 Å². The maximum Gasteiger partial charge on any atom is 0.329 e. The third kappa shape index (κ3) is 5.70. The van der Waals surface area contributed by atoms with Gasteiger partial charge in [0.2, 0.25) is 0 Å². The van der Waals surface area contributed by atoms with Gasteiger partial charge < -0.3 is 14.8 Å². The topological polar surface area (TPSA) is 67.9 Å². The summed E-state index contributed by atoms with van der Waals surface area (Å²) in [6.07, 6.45) is 4.75. The van der Waals surface area contributed by atoms with E-state index >= 15 is 0 Å². The predicted molar refractivity (Wildman–Crippen MR) is 134 cm³/mol. The summed E-state index contributed by atoms with van der Waals surface area (Å²) in [5, 5.41) is 2.66. The number of amides is 3. The van der Waals surface area contributed by atoms with Crippen LogP contribution in [0.15, 0.2) is 54.8 Å². The molecule has 1 fully saturated rings. The molecule has 2 aromatic carbocycles. The van der Waals surface area contributed by atoms with Crippen molar-refractivity contribution in [2.75, 3.05) is 13.2 Å². The van der Waals surface area contributed by atoms with Gasteiger partial charge in [-0.2, -0.15) is 0 Å². The lowest BCUT2D eigenvalue weighted by molar-refractivity contribution is -0.122. The maximum absolute atomic E-state index is 12.6. The van der Waals surface area contributed by atoms with Gasteiger partial charge in [0.25, 0.3) is 5.91 Å². The Morgan fingerprint density at radius 3 is 2.53 bits per heavy atom. The zero-order valence-electron chi connectivity index (χ0n) is 18.3. The first-order valence-electron chi connectivity index (χ1n) is 10.6. The summed E-state index contributed by atoms with van der Waals surface area (Å²) in [5.41, 5.74) is 2.95. The second kappa shape index (κ2) is 11.2. The fourth-order valence-corrected chi connectivity index (χ4v) is 3.76. The van der Waals surface area contributed by atoms with Gasteiger partial charge in [-0.05, 0) is 83.8 Å². The molecule has 0 atom stereocenters. The average molecular weight is 546 g/mol. The number of allylic oxidation sites excluding steroid dienone is 1. The minimum absolute atomic E-state index is 0.253. The number of carbonyl (C=O) groups is 2. The number of hydrogen-bond acceptors (Lipinski definition) is 4. The van der Waals surface area contributed by atoms with Crippen LogP contribution in [0.2, 0.25) is 0 Å². The Hall–Kier alpha value is -2.81. The molecule has 0 saturated carbocycles. The minimum atomic E-state index is -0.392. The molecular weight excluding hydrogens is 519 g/mol. The fraction of sp³-hybridized carbons (Fsp3) is 0.280. The molecule has 2 aromatic rings. The van der Waals surface area contributed by atoms with Crippen molar-refractivity contribution < 1.29 is 19.1 Å². The van der Waals surface area contributed by atoms with Gasteiger partial charge in [-0.25, -0.2) is 4.79 Å². The first-order chi connectivity index (χ1) is 15.5. The van der Waals surface area contributed by atoms with Gasteiger partial charge in [0.15, 0.2) is 11.5 Å². The predicted octanol–water partition coefficient (Wildman–Crippen LogP) is 5.30. The number of benzene rings is 2. The molecular formula is C25H27IN2O4. The third-order valence-corrected chi connectivity index (χ3v) is 5.55. The molecule has 3 rings (SSSR count). The van der Waals surface area contributed by atoms with E-state index in [0.29, 0.717) is 44.1 Å². The lowest BCUT2D eigenvalue weighted by Crippen LogP contribution is -2.31. The van der Waals surface area contributed by atoms with Crippen molar-refractivity contribution in [3.8, 4) is 11.5 Å². The van der Waals surface area contributed by atoms with Gasteiger partial charge >= 0.3 is 6.03 Å². The highest BCUT2D eigenvalue weighted by Gasteiger charge is 2.32. The van der Waals surface area contributed by atoms with Gasteiger partial charge in [-0.15, -0.1) is 6.58 Å². The van der Waals surface area contributed by atoms with Gasteiger partial charge in [0.05, 0.1) is 6.61 Å². The van der Waals surface area contributed by atoms with Gasteiger partial charge in [0.1, 0.15) is 12.3 Å². The standard InChI is InChI=1S/C25H27IN2O4/c1-4-7-19-13-18(14-21-24(29)28(12-5-2)25(30)27-21)15-22(31-6-3)23(19)32-16-17-8-10-20(26)11-9-17/h4,8-11,13-15H,1,5-7,12,16H2,2-3H3,(H,27,30)/b21-14+. The van der Waals surface area contributed by atoms with Crippen molar-refractivity contribution in [3.05, 3.63) is 75.0 Å². The average Bonchev–Trinajstić information content (AvgIpc) is 3.02. The zero-order chi connectivity index (χ0) is 23.1. The Morgan fingerprint density at radius 2 is 1.88 bits per heavy atom. The molecule has 7 heteroatoms. The van der Waals surface area contributed by atoms with Crippen LogP contribution in [0.25, 0.3) is 6.08 Å². The molecule has 1 aliphatic rings. The monoisotopic (exact) mass is 546 g/mol. The molecule has 1 aliphatic heterocycles. The summed E-state index contributed by atoms with van der Waals surface area (Å²) in [6, 6.07) is 11.5. The summed E-state index contributed by atoms with van der Waals surface area (Å²) in [5.74, 6) is 0.923. The highest BCUT2D eigenvalue weighted by atomic mass is 127. The normalized spacial score (nSPS) is 14.6. The number of hydrogen-bond donors (Lipinski definition) is 1. The van der Waals surface area contributed by atoms with Crippen molar-refractivity contribution >= 4 is 40.6 Å². The van der Waals surface area contributed by atoms with E-state index < -0.39 is 6.03 Å². The summed E-state index contributed by atoms with van der Waals surface area (Å²) in [4.78, 5) is 25.9. The van der Waals surface area contributed by atoms with Gasteiger partial charge in [-0.1, -0.05) is 25.1 Å². The van der Waals surface area contributed by atoms with Crippen molar-refractivity contribution in [3.63, 3.8) is 0 Å². The SMILES string of the molecule is C=CCc1cc(/C=C2/NC(=O)N(CCC)C2=O)cc(OCC)c1OCc1ccc(I)cc1. The number of rotatable bonds is 10. The molecule has 168 valence electrons. The minimum Gasteiger partial charge on any atom is -0.490 e. The van der Waals surface area contributed by atoms with E-state index in [1.807, 2.05) is 50.2 Å². The smallest absolute Gasteiger partial charge is 0.329 e. The number of urea groups is 1. The number of nitrogens with one attached hydrogen (secondary N) is 1. The van der Waals surface area contributed by atoms with E-state index in [4.69, 9.17) is 9.47 Å². The van der Waals surface area contributed by atoms with Crippen LogP contribution in [0.4, 0.5) is 4.79 Å². The lowest BCUT2D eigenvalue weighted by atomic mass is 10.0. The highest BCUT2D eigenvalue weighted by molar-refractivity contribution is 14.1. The lowest BCUT2D eigenvalue weighted by Gasteiger charge is -2.17. The molecule has 1 N–H and O–H groups in total. The first kappa shape index (κ1) is 23.8. The number of carbonyl (C=O) groups excluding carboxylic acids is 2. The van der Waals surface area contributed by atoms with Crippen LogP contribution >= 0.6 is 22.6 Å². The van der Waals surface area contributed by atoms with Crippen molar-refractivity contribution in [2.45, 2.75) is 33.3 Å². The van der Waals surface area contributed by atoms with E-state index in [1.54, 1.807) is 12.2 Å². The molecule has 0 radical (unpaired) electrons. The molecule has 0 unspecified atom stereocenters. The van der Waals surface area contributed by atoms with E-state index in [1.165, 1.54) is 4.90 Å². The van der Waals surface area contributed by atoms with Crippen molar-refractivity contribution in [1.82, 2.24) is 10.2 Å². The molecule has 1 saturated heterocycles. The van der Waals surface area contributed by atoms with Gasteiger partial charge in [-0.3, -0.25) is 9.69 Å². The second-order valence-electron chi connectivity index (χ2n) is 7.29. The summed E-state index contributed by atoms with van der Waals surface area (Å²) < 4.78 is 13.2. The Labute approximate surface area is 202 Å². The Morgan fingerprint density at radius 1 is 1.12 bits per heavy atom. The number of ether oxygens (including phenoxy) is 2. The van der Waals surface area contributed by atoms with Crippen LogP contribution in [0.1, 0.15) is 37.0 Å². The zero-order valence-corrected chi connectivity index (χ0v) is 20.5. The van der Waals surface area contributed by atoms with Crippen molar-refractivity contribution in [1.29, 1.82) is 0 Å². The fourth-order valence-electron chi connectivity index (χ4n) is 3.40. The quantitative estimate of drug-likeness (QED) is 0.190. The van der Waals surface area contributed by atoms with E-state index in [-0.39, 0.29) is 11.6 Å². The highest BCUT2D eigenvalue weighted by Crippen LogP contribution is 2.35. The van der Waals surface area contributed by atoms with Crippen LogP contribution in [-0.2, 0) is 17.8 Å². The third-order valence-electron chi connectivity index (χ3n) is 4.84. The summed E-state index contributed by atoms with van der Waals surface area (Å²) in [6.45, 7) is 8.95. The number of nitrogens with zero attached hydrogens (tertiary/aromatic N) is 1. The number of imide groups is 1. The molecule has 6 nitrogen and oxygen atoms in total. The van der Waals surface area contributed by atoms with Crippen LogP contribution in [-0.4, -0.2) is 30.0 Å². The largest absolute Gasteiger partial charge is 0.490 e. The molecule has 3 amide bonds. The Balaban J connectivity index is 1.93. The molecule has 1 heterocycles.